The molecule has 2 heterocycles. The first kappa shape index (κ1) is 19.3. The predicted octanol–water partition coefficient (Wildman–Crippen LogP) is 4.50. The van der Waals surface area contributed by atoms with E-state index in [0.29, 0.717) is 24.3 Å². The van der Waals surface area contributed by atoms with Gasteiger partial charge in [0.25, 0.3) is 0 Å². The van der Waals surface area contributed by atoms with E-state index in [1.165, 1.54) is 17.4 Å². The van der Waals surface area contributed by atoms with Crippen molar-refractivity contribution in [3.05, 3.63) is 34.7 Å². The maximum atomic E-state index is 12.7. The molecule has 0 bridgehead atoms. The van der Waals surface area contributed by atoms with E-state index in [1.807, 2.05) is 18.7 Å². The molecule has 2 atom stereocenters. The molecule has 2 fully saturated rings. The smallest absolute Gasteiger partial charge is 0.387 e. The first-order valence-electron chi connectivity index (χ1n) is 9.30. The van der Waals surface area contributed by atoms with Gasteiger partial charge in [0.15, 0.2) is 0 Å². The third kappa shape index (κ3) is 3.89. The van der Waals surface area contributed by atoms with Crippen LogP contribution in [0.5, 0.6) is 5.75 Å². The van der Waals surface area contributed by atoms with Gasteiger partial charge in [-0.15, -0.1) is 11.3 Å². The standard InChI is InChI=1S/C20H22F2N2O3S/c1-12-9-24(18(25)20(2)7-8-20)10-16(26-12)17-23-14(11-28-17)13-5-3-4-6-15(13)27-19(21)22/h3-6,11-12,16,19H,7-10H2,1-2H3. The van der Waals surface area contributed by atoms with Crippen molar-refractivity contribution in [2.24, 2.45) is 5.41 Å². The van der Waals surface area contributed by atoms with Crippen molar-refractivity contribution >= 4 is 17.2 Å². The molecule has 1 saturated heterocycles. The molecule has 0 radical (unpaired) electrons. The van der Waals surface area contributed by atoms with Gasteiger partial charge in [0, 0.05) is 22.9 Å². The van der Waals surface area contributed by atoms with Gasteiger partial charge in [-0.25, -0.2) is 4.98 Å². The number of ether oxygens (including phenoxy) is 2. The highest BCUT2D eigenvalue weighted by atomic mass is 32.1. The highest BCUT2D eigenvalue weighted by Crippen LogP contribution is 2.47. The Morgan fingerprint density at radius 3 is 2.82 bits per heavy atom. The molecular weight excluding hydrogens is 386 g/mol. The minimum atomic E-state index is -2.90. The first-order chi connectivity index (χ1) is 13.4. The molecule has 2 unspecified atom stereocenters. The lowest BCUT2D eigenvalue weighted by molar-refractivity contribution is -0.149. The van der Waals surface area contributed by atoms with Crippen LogP contribution in [0.4, 0.5) is 8.78 Å². The number of hydrogen-bond donors (Lipinski definition) is 0. The second kappa shape index (κ2) is 7.40. The molecule has 1 aromatic heterocycles. The molecule has 1 saturated carbocycles. The largest absolute Gasteiger partial charge is 0.434 e. The van der Waals surface area contributed by atoms with Gasteiger partial charge in [0.05, 0.1) is 18.3 Å². The molecule has 150 valence electrons. The Bertz CT molecular complexity index is 869. The minimum absolute atomic E-state index is 0.0887. The summed E-state index contributed by atoms with van der Waals surface area (Å²) < 4.78 is 36.0. The number of aromatic nitrogens is 1. The van der Waals surface area contributed by atoms with Crippen molar-refractivity contribution in [2.75, 3.05) is 13.1 Å². The molecule has 2 aromatic rings. The second-order valence-electron chi connectivity index (χ2n) is 7.65. The molecule has 1 aliphatic heterocycles. The number of halogens is 2. The number of morpholine rings is 1. The summed E-state index contributed by atoms with van der Waals surface area (Å²) in [5.41, 5.74) is 0.846. The first-order valence-corrected chi connectivity index (χ1v) is 10.2. The topological polar surface area (TPSA) is 51.7 Å². The second-order valence-corrected chi connectivity index (χ2v) is 8.54. The molecule has 1 amide bonds. The lowest BCUT2D eigenvalue weighted by Crippen LogP contribution is -2.48. The van der Waals surface area contributed by atoms with Crippen LogP contribution in [0.1, 0.15) is 37.8 Å². The zero-order valence-corrected chi connectivity index (χ0v) is 16.5. The van der Waals surface area contributed by atoms with Crippen molar-refractivity contribution in [1.82, 2.24) is 9.88 Å². The summed E-state index contributed by atoms with van der Waals surface area (Å²) in [5.74, 6) is 0.269. The number of hydrogen-bond acceptors (Lipinski definition) is 5. The van der Waals surface area contributed by atoms with E-state index in [1.54, 1.807) is 23.6 Å². The number of amides is 1. The maximum absolute atomic E-state index is 12.7. The van der Waals surface area contributed by atoms with E-state index in [4.69, 9.17) is 4.74 Å². The van der Waals surface area contributed by atoms with Crippen LogP contribution in [0, 0.1) is 5.41 Å². The summed E-state index contributed by atoms with van der Waals surface area (Å²) in [7, 11) is 0. The van der Waals surface area contributed by atoms with E-state index in [9.17, 15) is 13.6 Å². The average Bonchev–Trinajstić information content (AvgIpc) is 3.22. The summed E-state index contributed by atoms with van der Waals surface area (Å²) in [4.78, 5) is 19.2. The molecule has 8 heteroatoms. The fourth-order valence-corrected chi connectivity index (χ4v) is 4.32. The summed E-state index contributed by atoms with van der Waals surface area (Å²) >= 11 is 1.40. The van der Waals surface area contributed by atoms with Crippen molar-refractivity contribution in [3.8, 4) is 17.0 Å². The number of carbonyl (C=O) groups excluding carboxylic acids is 1. The van der Waals surface area contributed by atoms with Gasteiger partial charge in [-0.1, -0.05) is 19.1 Å². The molecule has 5 nitrogen and oxygen atoms in total. The van der Waals surface area contributed by atoms with E-state index in [2.05, 4.69) is 9.72 Å². The molecule has 1 aliphatic carbocycles. The van der Waals surface area contributed by atoms with E-state index >= 15 is 0 Å². The van der Waals surface area contributed by atoms with Gasteiger partial charge in [-0.05, 0) is 31.9 Å². The monoisotopic (exact) mass is 408 g/mol. The number of benzene rings is 1. The van der Waals surface area contributed by atoms with Gasteiger partial charge in [-0.2, -0.15) is 8.78 Å². The van der Waals surface area contributed by atoms with Gasteiger partial charge in [0.2, 0.25) is 5.91 Å². The van der Waals surface area contributed by atoms with Gasteiger partial charge >= 0.3 is 6.61 Å². The van der Waals surface area contributed by atoms with Crippen LogP contribution in [0.2, 0.25) is 0 Å². The quantitative estimate of drug-likeness (QED) is 0.731. The third-order valence-corrected chi connectivity index (χ3v) is 6.18. The molecule has 0 N–H and O–H groups in total. The molecule has 0 spiro atoms. The van der Waals surface area contributed by atoms with Crippen LogP contribution in [0.25, 0.3) is 11.3 Å². The van der Waals surface area contributed by atoms with Crippen LogP contribution < -0.4 is 4.74 Å². The Morgan fingerprint density at radius 1 is 1.36 bits per heavy atom. The Balaban J connectivity index is 1.55. The maximum Gasteiger partial charge on any atom is 0.387 e. The van der Waals surface area contributed by atoms with Gasteiger partial charge in [-0.3, -0.25) is 4.79 Å². The Kier molecular flexibility index (Phi) is 5.09. The summed E-state index contributed by atoms with van der Waals surface area (Å²) in [6.45, 7) is 2.09. The molecule has 4 rings (SSSR count). The fraction of sp³-hybridized carbons (Fsp3) is 0.500. The molecular formula is C20H22F2N2O3S. The Hall–Kier alpha value is -2.06. The highest BCUT2D eigenvalue weighted by molar-refractivity contribution is 7.10. The molecule has 2 aliphatic rings. The third-order valence-electron chi connectivity index (χ3n) is 5.24. The number of rotatable bonds is 5. The zero-order valence-electron chi connectivity index (χ0n) is 15.7. The van der Waals surface area contributed by atoms with Crippen LogP contribution in [0.15, 0.2) is 29.6 Å². The number of thiazole rings is 1. The van der Waals surface area contributed by atoms with Gasteiger partial charge in [0.1, 0.15) is 16.9 Å². The van der Waals surface area contributed by atoms with Crippen molar-refractivity contribution in [2.45, 2.75) is 45.5 Å². The summed E-state index contributed by atoms with van der Waals surface area (Å²) in [6, 6.07) is 6.59. The van der Waals surface area contributed by atoms with E-state index in [-0.39, 0.29) is 29.3 Å². The zero-order chi connectivity index (χ0) is 19.9. The lowest BCUT2D eigenvalue weighted by atomic mass is 10.1. The normalized spacial score (nSPS) is 23.7. The van der Waals surface area contributed by atoms with Crippen LogP contribution in [-0.4, -0.2) is 41.6 Å². The minimum Gasteiger partial charge on any atom is -0.434 e. The number of carbonyl (C=O) groups is 1. The van der Waals surface area contributed by atoms with Crippen molar-refractivity contribution < 1.29 is 23.0 Å². The summed E-state index contributed by atoms with van der Waals surface area (Å²) in [6.07, 6.45) is 1.46. The SMILES string of the molecule is CC1CN(C(=O)C2(C)CC2)CC(c2nc(-c3ccccc3OC(F)F)cs2)O1. The Morgan fingerprint density at radius 2 is 2.11 bits per heavy atom. The highest BCUT2D eigenvalue weighted by Gasteiger charge is 2.48. The van der Waals surface area contributed by atoms with Gasteiger partial charge < -0.3 is 14.4 Å². The van der Waals surface area contributed by atoms with Crippen molar-refractivity contribution in [1.29, 1.82) is 0 Å². The molecule has 28 heavy (non-hydrogen) atoms. The number of nitrogens with zero attached hydrogens (tertiary/aromatic N) is 2. The van der Waals surface area contributed by atoms with Crippen LogP contribution in [0.3, 0.4) is 0 Å². The van der Waals surface area contributed by atoms with E-state index < -0.39 is 6.61 Å². The van der Waals surface area contributed by atoms with Crippen LogP contribution in [-0.2, 0) is 9.53 Å². The number of para-hydroxylation sites is 1. The predicted molar refractivity (Wildman–Crippen MR) is 101 cm³/mol. The summed E-state index contributed by atoms with van der Waals surface area (Å²) in [5, 5.41) is 2.53. The molecule has 1 aromatic carbocycles. The average molecular weight is 408 g/mol. The van der Waals surface area contributed by atoms with Crippen molar-refractivity contribution in [3.63, 3.8) is 0 Å². The fourth-order valence-electron chi connectivity index (χ4n) is 3.47. The Labute approximate surface area is 166 Å². The number of alkyl halides is 2. The lowest BCUT2D eigenvalue weighted by Gasteiger charge is -2.37. The van der Waals surface area contributed by atoms with E-state index in [0.717, 1.165) is 17.8 Å². The van der Waals surface area contributed by atoms with Crippen LogP contribution >= 0.6 is 11.3 Å².